The highest BCUT2D eigenvalue weighted by atomic mass is 32.1. The number of para-hydroxylation sites is 1. The highest BCUT2D eigenvalue weighted by Gasteiger charge is 2.35. The number of likely N-dealkylation sites (tertiary alicyclic amines) is 1. The van der Waals surface area contributed by atoms with E-state index in [4.69, 9.17) is 0 Å². The minimum Gasteiger partial charge on any atom is -0.391 e. The van der Waals surface area contributed by atoms with E-state index in [2.05, 4.69) is 16.0 Å². The molecular weight excluding hydrogens is 372 g/mol. The van der Waals surface area contributed by atoms with Gasteiger partial charge in [0.2, 0.25) is 0 Å². The van der Waals surface area contributed by atoms with Crippen molar-refractivity contribution < 1.29 is 9.90 Å². The monoisotopic (exact) mass is 396 g/mol. The molecule has 1 amide bonds. The fraction of sp³-hybridized carbons (Fsp3) is 0.381. The van der Waals surface area contributed by atoms with Crippen molar-refractivity contribution in [2.75, 3.05) is 27.2 Å². The summed E-state index contributed by atoms with van der Waals surface area (Å²) in [5.74, 6) is -0.0861. The summed E-state index contributed by atoms with van der Waals surface area (Å²) in [6, 6.07) is 10.0. The molecular formula is C21H24N4O2S. The van der Waals surface area contributed by atoms with Crippen molar-refractivity contribution in [1.29, 1.82) is 0 Å². The predicted molar refractivity (Wildman–Crippen MR) is 110 cm³/mol. The van der Waals surface area contributed by atoms with E-state index in [1.165, 1.54) is 11.3 Å². The van der Waals surface area contributed by atoms with Crippen LogP contribution in [0.25, 0.3) is 10.9 Å². The maximum atomic E-state index is 12.8. The molecule has 1 aliphatic rings. The average Bonchev–Trinajstić information content (AvgIpc) is 3.28. The molecule has 146 valence electrons. The lowest BCUT2D eigenvalue weighted by Gasteiger charge is -2.15. The molecule has 0 saturated carbocycles. The van der Waals surface area contributed by atoms with Gasteiger partial charge in [-0.2, -0.15) is 0 Å². The highest BCUT2D eigenvalue weighted by Crippen LogP contribution is 2.26. The summed E-state index contributed by atoms with van der Waals surface area (Å²) in [5.41, 5.74) is 2.59. The lowest BCUT2D eigenvalue weighted by atomic mass is 9.94. The summed E-state index contributed by atoms with van der Waals surface area (Å²) in [7, 11) is 3.96. The Hall–Kier alpha value is -2.35. The van der Waals surface area contributed by atoms with Gasteiger partial charge in [0.05, 0.1) is 11.6 Å². The number of pyridine rings is 1. The number of hydrogen-bond donors (Lipinski definition) is 1. The summed E-state index contributed by atoms with van der Waals surface area (Å²) >= 11 is 1.50. The first-order valence-electron chi connectivity index (χ1n) is 9.40. The molecule has 0 bridgehead atoms. The number of fused-ring (bicyclic) bond motifs is 1. The van der Waals surface area contributed by atoms with Crippen molar-refractivity contribution in [3.8, 4) is 0 Å². The number of rotatable bonds is 5. The average molecular weight is 397 g/mol. The molecule has 7 heteroatoms. The molecule has 3 heterocycles. The summed E-state index contributed by atoms with van der Waals surface area (Å²) in [5, 5.41) is 14.4. The Balaban J connectivity index is 1.47. The number of β-amino-alcohol motifs (C(OH)–C–C–N with tert-alkyl or cyclic N) is 1. The van der Waals surface area contributed by atoms with Crippen LogP contribution in [0.15, 0.2) is 41.9 Å². The third-order valence-electron chi connectivity index (χ3n) is 5.14. The van der Waals surface area contributed by atoms with Crippen molar-refractivity contribution in [3.63, 3.8) is 0 Å². The molecule has 4 rings (SSSR count). The number of amides is 1. The number of aromatic nitrogens is 2. The smallest absolute Gasteiger partial charge is 0.273 e. The zero-order valence-electron chi connectivity index (χ0n) is 16.1. The number of aliphatic hydroxyl groups is 1. The van der Waals surface area contributed by atoms with Gasteiger partial charge < -0.3 is 14.9 Å². The zero-order chi connectivity index (χ0) is 19.7. The van der Waals surface area contributed by atoms with Gasteiger partial charge in [-0.1, -0.05) is 18.2 Å². The molecule has 3 aromatic rings. The molecule has 28 heavy (non-hydrogen) atoms. The van der Waals surface area contributed by atoms with Crippen LogP contribution < -0.4 is 0 Å². The number of carbonyl (C=O) groups is 1. The van der Waals surface area contributed by atoms with Gasteiger partial charge in [0, 0.05) is 42.5 Å². The first kappa shape index (κ1) is 19.0. The number of carbonyl (C=O) groups excluding carboxylic acids is 1. The number of thiazole rings is 1. The fourth-order valence-electron chi connectivity index (χ4n) is 3.75. The van der Waals surface area contributed by atoms with E-state index in [-0.39, 0.29) is 11.8 Å². The maximum absolute atomic E-state index is 12.8. The van der Waals surface area contributed by atoms with Crippen LogP contribution >= 0.6 is 11.3 Å². The van der Waals surface area contributed by atoms with Crippen molar-refractivity contribution >= 4 is 28.1 Å². The van der Waals surface area contributed by atoms with Gasteiger partial charge >= 0.3 is 0 Å². The Morgan fingerprint density at radius 2 is 2.11 bits per heavy atom. The summed E-state index contributed by atoms with van der Waals surface area (Å²) in [6.45, 7) is 1.61. The zero-order valence-corrected chi connectivity index (χ0v) is 16.9. The Labute approximate surface area is 168 Å². The van der Waals surface area contributed by atoms with Crippen LogP contribution in [-0.2, 0) is 13.0 Å². The van der Waals surface area contributed by atoms with Crippen LogP contribution in [0.2, 0.25) is 0 Å². The molecule has 0 aliphatic carbocycles. The van der Waals surface area contributed by atoms with Gasteiger partial charge in [-0.25, -0.2) is 4.98 Å². The van der Waals surface area contributed by atoms with Crippen molar-refractivity contribution in [2.24, 2.45) is 5.92 Å². The molecule has 2 aromatic heterocycles. The van der Waals surface area contributed by atoms with Crippen molar-refractivity contribution in [1.82, 2.24) is 19.8 Å². The molecule has 2 atom stereocenters. The van der Waals surface area contributed by atoms with E-state index < -0.39 is 6.10 Å². The van der Waals surface area contributed by atoms with Crippen LogP contribution in [0.4, 0.5) is 0 Å². The maximum Gasteiger partial charge on any atom is 0.273 e. The number of hydrogen-bond acceptors (Lipinski definition) is 6. The number of nitrogens with zero attached hydrogens (tertiary/aromatic N) is 4. The van der Waals surface area contributed by atoms with Gasteiger partial charge in [0.15, 0.2) is 0 Å². The molecule has 1 N–H and O–H groups in total. The fourth-order valence-corrected chi connectivity index (χ4v) is 4.64. The molecule has 0 spiro atoms. The first-order chi connectivity index (χ1) is 13.5. The van der Waals surface area contributed by atoms with E-state index >= 15 is 0 Å². The van der Waals surface area contributed by atoms with Crippen LogP contribution in [0, 0.1) is 5.92 Å². The molecule has 6 nitrogen and oxygen atoms in total. The van der Waals surface area contributed by atoms with Gasteiger partial charge in [0.25, 0.3) is 5.91 Å². The second-order valence-electron chi connectivity index (χ2n) is 7.59. The number of benzene rings is 1. The first-order valence-corrected chi connectivity index (χ1v) is 10.3. The molecule has 1 aliphatic heterocycles. The van der Waals surface area contributed by atoms with E-state index in [1.54, 1.807) is 4.90 Å². The third kappa shape index (κ3) is 3.92. The van der Waals surface area contributed by atoms with Crippen LogP contribution in [0.3, 0.4) is 0 Å². The second kappa shape index (κ2) is 7.95. The van der Waals surface area contributed by atoms with Crippen molar-refractivity contribution in [3.05, 3.63) is 58.2 Å². The van der Waals surface area contributed by atoms with Crippen molar-refractivity contribution in [2.45, 2.75) is 19.1 Å². The van der Waals surface area contributed by atoms with E-state index in [0.29, 0.717) is 18.8 Å². The Morgan fingerprint density at radius 3 is 2.93 bits per heavy atom. The number of aliphatic hydroxyl groups excluding tert-OH is 1. The van der Waals surface area contributed by atoms with Gasteiger partial charge in [-0.15, -0.1) is 11.3 Å². The highest BCUT2D eigenvalue weighted by molar-refractivity contribution is 7.09. The van der Waals surface area contributed by atoms with E-state index in [9.17, 15) is 9.90 Å². The molecule has 0 radical (unpaired) electrons. The van der Waals surface area contributed by atoms with Crippen LogP contribution in [0.1, 0.15) is 21.1 Å². The Bertz CT molecular complexity index is 982. The van der Waals surface area contributed by atoms with Gasteiger partial charge in [0.1, 0.15) is 10.7 Å². The topological polar surface area (TPSA) is 69.6 Å². The quantitative estimate of drug-likeness (QED) is 0.717. The molecule has 1 fully saturated rings. The van der Waals surface area contributed by atoms with E-state index in [0.717, 1.165) is 34.4 Å². The Kier molecular flexibility index (Phi) is 5.39. The standard InChI is InChI=1S/C21H24N4O2S/c1-24(2)12-20-23-18(13-28-20)21(27)25-10-15(19(26)11-25)9-14-7-8-22-17-6-4-3-5-16(14)17/h3-8,13,15,19,26H,9-12H2,1-2H3/t15-,19+/m1/s1. The Morgan fingerprint density at radius 1 is 1.29 bits per heavy atom. The molecule has 1 aromatic carbocycles. The van der Waals surface area contributed by atoms with E-state index in [1.807, 2.05) is 54.8 Å². The molecule has 1 saturated heterocycles. The minimum absolute atomic E-state index is 0.00892. The molecule has 0 unspecified atom stereocenters. The van der Waals surface area contributed by atoms with Gasteiger partial charge in [-0.3, -0.25) is 9.78 Å². The van der Waals surface area contributed by atoms with Crippen LogP contribution in [0.5, 0.6) is 0 Å². The SMILES string of the molecule is CN(C)Cc1nc(C(=O)N2C[C@@H](Cc3ccnc4ccccc34)[C@@H](O)C2)cs1. The minimum atomic E-state index is -0.532. The summed E-state index contributed by atoms with van der Waals surface area (Å²) < 4.78 is 0. The summed E-state index contributed by atoms with van der Waals surface area (Å²) in [4.78, 5) is 25.5. The largest absolute Gasteiger partial charge is 0.391 e. The third-order valence-corrected chi connectivity index (χ3v) is 5.97. The van der Waals surface area contributed by atoms with Crippen LogP contribution in [-0.4, -0.2) is 64.1 Å². The summed E-state index contributed by atoms with van der Waals surface area (Å²) in [6.07, 6.45) is 2.00. The normalized spacial score (nSPS) is 19.6. The lowest BCUT2D eigenvalue weighted by molar-refractivity contribution is 0.0759. The predicted octanol–water partition coefficient (Wildman–Crippen LogP) is 2.43. The second-order valence-corrected chi connectivity index (χ2v) is 8.54. The lowest BCUT2D eigenvalue weighted by Crippen LogP contribution is -2.30. The van der Waals surface area contributed by atoms with Gasteiger partial charge in [-0.05, 0) is 38.2 Å².